The number of hydrogen-bond acceptors (Lipinski definition) is 4. The van der Waals surface area contributed by atoms with Gasteiger partial charge >= 0.3 is 0 Å². The van der Waals surface area contributed by atoms with Gasteiger partial charge in [-0.25, -0.2) is 0 Å². The molecule has 0 aromatic heterocycles. The van der Waals surface area contributed by atoms with Crippen LogP contribution in [0.5, 0.6) is 0 Å². The molecule has 1 heterocycles. The lowest BCUT2D eigenvalue weighted by Gasteiger charge is -2.22. The number of likely N-dealkylation sites (N-methyl/N-ethyl adjacent to an activating group) is 1. The average molecular weight is 263 g/mol. The zero-order valence-electron chi connectivity index (χ0n) is 11.5. The number of carbonyl (C=O) groups excluding carboxylic acids is 1. The van der Waals surface area contributed by atoms with Crippen molar-refractivity contribution in [3.63, 3.8) is 0 Å². The number of ether oxygens (including phenoxy) is 1. The summed E-state index contributed by atoms with van der Waals surface area (Å²) in [6, 6.07) is 5.82. The minimum Gasteiger partial charge on any atom is -0.399 e. The molecule has 5 heteroatoms. The number of nitrogens with zero attached hydrogens (tertiary/aromatic N) is 1. The van der Waals surface area contributed by atoms with E-state index in [1.54, 1.807) is 6.07 Å². The van der Waals surface area contributed by atoms with Crippen LogP contribution in [0.3, 0.4) is 0 Å². The molecule has 1 atom stereocenters. The summed E-state index contributed by atoms with van der Waals surface area (Å²) in [5, 5.41) is 2.91. The smallest absolute Gasteiger partial charge is 0.238 e. The SMILES string of the molecule is Cc1cc(N)ccc1NC(=O)CN(C)C1CCOC1. The van der Waals surface area contributed by atoms with Crippen molar-refractivity contribution in [1.29, 1.82) is 0 Å². The first kappa shape index (κ1) is 13.8. The number of anilines is 2. The number of nitrogens with one attached hydrogen (secondary N) is 1. The molecule has 0 radical (unpaired) electrons. The van der Waals surface area contributed by atoms with E-state index in [0.717, 1.165) is 24.3 Å². The third-order valence-corrected chi connectivity index (χ3v) is 3.45. The van der Waals surface area contributed by atoms with Crippen molar-refractivity contribution in [2.75, 3.05) is 37.9 Å². The first-order valence-corrected chi connectivity index (χ1v) is 6.50. The number of benzene rings is 1. The summed E-state index contributed by atoms with van der Waals surface area (Å²) >= 11 is 0. The largest absolute Gasteiger partial charge is 0.399 e. The molecule has 19 heavy (non-hydrogen) atoms. The minimum atomic E-state index is -0.0118. The number of rotatable bonds is 4. The van der Waals surface area contributed by atoms with E-state index in [0.29, 0.717) is 24.9 Å². The lowest BCUT2D eigenvalue weighted by atomic mass is 10.2. The Kier molecular flexibility index (Phi) is 4.39. The summed E-state index contributed by atoms with van der Waals surface area (Å²) in [6.07, 6.45) is 0.991. The summed E-state index contributed by atoms with van der Waals surface area (Å²) < 4.78 is 5.32. The van der Waals surface area contributed by atoms with Gasteiger partial charge in [-0.2, -0.15) is 0 Å². The van der Waals surface area contributed by atoms with Gasteiger partial charge in [0.2, 0.25) is 5.91 Å². The third kappa shape index (κ3) is 3.68. The molecule has 0 aliphatic carbocycles. The van der Waals surface area contributed by atoms with Crippen molar-refractivity contribution in [1.82, 2.24) is 4.90 Å². The van der Waals surface area contributed by atoms with Gasteiger partial charge in [-0.3, -0.25) is 9.69 Å². The zero-order chi connectivity index (χ0) is 13.8. The van der Waals surface area contributed by atoms with Crippen LogP contribution in [-0.2, 0) is 9.53 Å². The molecule has 1 aliphatic rings. The normalized spacial score (nSPS) is 18.8. The maximum Gasteiger partial charge on any atom is 0.238 e. The highest BCUT2D eigenvalue weighted by atomic mass is 16.5. The van der Waals surface area contributed by atoms with E-state index in [-0.39, 0.29) is 5.91 Å². The van der Waals surface area contributed by atoms with E-state index in [9.17, 15) is 4.79 Å². The van der Waals surface area contributed by atoms with Crippen LogP contribution < -0.4 is 11.1 Å². The number of amides is 1. The van der Waals surface area contributed by atoms with Crippen LogP contribution in [0.1, 0.15) is 12.0 Å². The summed E-state index contributed by atoms with van der Waals surface area (Å²) in [5.74, 6) is -0.0118. The fraction of sp³-hybridized carbons (Fsp3) is 0.500. The second-order valence-corrected chi connectivity index (χ2v) is 5.06. The molecular weight excluding hydrogens is 242 g/mol. The predicted octanol–water partition coefficient (Wildman–Crippen LogP) is 1.24. The first-order chi connectivity index (χ1) is 9.06. The molecule has 0 bridgehead atoms. The maximum absolute atomic E-state index is 12.0. The molecule has 1 aromatic carbocycles. The molecule has 1 amide bonds. The van der Waals surface area contributed by atoms with Crippen LogP contribution >= 0.6 is 0 Å². The summed E-state index contributed by atoms with van der Waals surface area (Å²) in [5.41, 5.74) is 8.18. The predicted molar refractivity (Wildman–Crippen MR) is 76.1 cm³/mol. The Labute approximate surface area is 113 Å². The van der Waals surface area contributed by atoms with Crippen LogP contribution in [-0.4, -0.2) is 43.7 Å². The van der Waals surface area contributed by atoms with Crippen LogP contribution in [0.15, 0.2) is 18.2 Å². The highest BCUT2D eigenvalue weighted by molar-refractivity contribution is 5.93. The van der Waals surface area contributed by atoms with Crippen molar-refractivity contribution in [3.05, 3.63) is 23.8 Å². The molecule has 0 spiro atoms. The van der Waals surface area contributed by atoms with Gasteiger partial charge < -0.3 is 15.8 Å². The molecule has 1 aromatic rings. The molecule has 1 aliphatic heterocycles. The van der Waals surface area contributed by atoms with Crippen molar-refractivity contribution >= 4 is 17.3 Å². The van der Waals surface area contributed by atoms with Gasteiger partial charge in [0.15, 0.2) is 0 Å². The molecular formula is C14H21N3O2. The summed E-state index contributed by atoms with van der Waals surface area (Å²) in [7, 11) is 1.95. The van der Waals surface area contributed by atoms with Crippen LogP contribution in [0.2, 0.25) is 0 Å². The molecule has 1 unspecified atom stereocenters. The van der Waals surface area contributed by atoms with E-state index < -0.39 is 0 Å². The topological polar surface area (TPSA) is 67.6 Å². The van der Waals surface area contributed by atoms with Gasteiger partial charge in [0.05, 0.1) is 13.2 Å². The molecule has 2 rings (SSSR count). The fourth-order valence-corrected chi connectivity index (χ4v) is 2.24. The minimum absolute atomic E-state index is 0.0118. The summed E-state index contributed by atoms with van der Waals surface area (Å²) in [6.45, 7) is 3.80. The fourth-order valence-electron chi connectivity index (χ4n) is 2.24. The second-order valence-electron chi connectivity index (χ2n) is 5.06. The lowest BCUT2D eigenvalue weighted by Crippen LogP contribution is -2.38. The summed E-state index contributed by atoms with van der Waals surface area (Å²) in [4.78, 5) is 14.0. The third-order valence-electron chi connectivity index (χ3n) is 3.45. The zero-order valence-corrected chi connectivity index (χ0v) is 11.5. The van der Waals surface area contributed by atoms with Crippen molar-refractivity contribution in [2.24, 2.45) is 0 Å². The number of hydrogen-bond donors (Lipinski definition) is 2. The second kappa shape index (κ2) is 6.04. The van der Waals surface area contributed by atoms with Crippen molar-refractivity contribution in [2.45, 2.75) is 19.4 Å². The Balaban J connectivity index is 1.89. The maximum atomic E-state index is 12.0. The molecule has 104 valence electrons. The number of carbonyl (C=O) groups is 1. The van der Waals surface area contributed by atoms with Gasteiger partial charge in [0, 0.05) is 24.0 Å². The quantitative estimate of drug-likeness (QED) is 0.802. The number of aryl methyl sites for hydroxylation is 1. The van der Waals surface area contributed by atoms with Crippen molar-refractivity contribution < 1.29 is 9.53 Å². The van der Waals surface area contributed by atoms with Gasteiger partial charge in [-0.1, -0.05) is 0 Å². The lowest BCUT2D eigenvalue weighted by molar-refractivity contribution is -0.117. The Hall–Kier alpha value is -1.59. The Morgan fingerprint density at radius 1 is 1.58 bits per heavy atom. The molecule has 3 N–H and O–H groups in total. The van der Waals surface area contributed by atoms with Gasteiger partial charge in [-0.15, -0.1) is 0 Å². The molecule has 5 nitrogen and oxygen atoms in total. The molecule has 1 saturated heterocycles. The van der Waals surface area contributed by atoms with Crippen LogP contribution in [0, 0.1) is 6.92 Å². The van der Waals surface area contributed by atoms with E-state index in [2.05, 4.69) is 5.32 Å². The van der Waals surface area contributed by atoms with E-state index in [1.165, 1.54) is 0 Å². The highest BCUT2D eigenvalue weighted by Gasteiger charge is 2.21. The van der Waals surface area contributed by atoms with Gasteiger partial charge in [0.25, 0.3) is 0 Å². The number of nitrogens with two attached hydrogens (primary N) is 1. The Morgan fingerprint density at radius 2 is 2.37 bits per heavy atom. The van der Waals surface area contributed by atoms with Gasteiger partial charge in [0.1, 0.15) is 0 Å². The molecule has 1 fully saturated rings. The van der Waals surface area contributed by atoms with Crippen LogP contribution in [0.4, 0.5) is 11.4 Å². The number of nitrogen functional groups attached to an aromatic ring is 1. The molecule has 0 saturated carbocycles. The van der Waals surface area contributed by atoms with Gasteiger partial charge in [-0.05, 0) is 44.2 Å². The monoisotopic (exact) mass is 263 g/mol. The first-order valence-electron chi connectivity index (χ1n) is 6.50. The van der Waals surface area contributed by atoms with Crippen LogP contribution in [0.25, 0.3) is 0 Å². The Bertz CT molecular complexity index is 456. The van der Waals surface area contributed by atoms with Crippen molar-refractivity contribution in [3.8, 4) is 0 Å². The standard InChI is InChI=1S/C14H21N3O2/c1-10-7-11(15)3-4-13(10)16-14(18)8-17(2)12-5-6-19-9-12/h3-4,7,12H,5-6,8-9,15H2,1-2H3,(H,16,18). The van der Waals surface area contributed by atoms with E-state index in [4.69, 9.17) is 10.5 Å². The average Bonchev–Trinajstić information content (AvgIpc) is 2.86. The Morgan fingerprint density at radius 3 is 3.00 bits per heavy atom. The highest BCUT2D eigenvalue weighted by Crippen LogP contribution is 2.17. The van der Waals surface area contributed by atoms with E-state index >= 15 is 0 Å². The van der Waals surface area contributed by atoms with E-state index in [1.807, 2.05) is 31.0 Å².